The van der Waals surface area contributed by atoms with Crippen LogP contribution in [0.25, 0.3) is 0 Å². The number of anilines is 2. The minimum atomic E-state index is -0.146. The van der Waals surface area contributed by atoms with Crippen LogP contribution in [0.4, 0.5) is 11.4 Å². The third kappa shape index (κ3) is 2.81. The van der Waals surface area contributed by atoms with E-state index in [1.807, 2.05) is 0 Å². The number of rotatable bonds is 4. The SMILES string of the molecule is CN(C=O)c1ccc(C(=O)c2ccc(N)c(Cl)c2)cc1. The zero-order valence-corrected chi connectivity index (χ0v) is 11.6. The quantitative estimate of drug-likeness (QED) is 0.534. The van der Waals surface area contributed by atoms with E-state index in [1.165, 1.54) is 4.90 Å². The number of amides is 1. The van der Waals surface area contributed by atoms with Crippen molar-refractivity contribution < 1.29 is 9.59 Å². The van der Waals surface area contributed by atoms with Gasteiger partial charge in [-0.2, -0.15) is 0 Å². The lowest BCUT2D eigenvalue weighted by atomic mass is 10.0. The molecule has 2 aromatic rings. The highest BCUT2D eigenvalue weighted by atomic mass is 35.5. The van der Waals surface area contributed by atoms with Gasteiger partial charge in [0.25, 0.3) is 0 Å². The number of benzene rings is 2. The van der Waals surface area contributed by atoms with Crippen LogP contribution in [-0.4, -0.2) is 19.2 Å². The monoisotopic (exact) mass is 288 g/mol. The van der Waals surface area contributed by atoms with E-state index in [4.69, 9.17) is 17.3 Å². The molecule has 0 spiro atoms. The summed E-state index contributed by atoms with van der Waals surface area (Å²) in [6, 6.07) is 11.5. The van der Waals surface area contributed by atoms with Crippen LogP contribution in [0.1, 0.15) is 15.9 Å². The van der Waals surface area contributed by atoms with E-state index in [0.29, 0.717) is 33.9 Å². The predicted octanol–water partition coefficient (Wildman–Crippen LogP) is 2.75. The number of carbonyl (C=O) groups is 2. The van der Waals surface area contributed by atoms with Gasteiger partial charge < -0.3 is 10.6 Å². The largest absolute Gasteiger partial charge is 0.398 e. The van der Waals surface area contributed by atoms with Gasteiger partial charge in [0.2, 0.25) is 6.41 Å². The number of nitrogens with zero attached hydrogens (tertiary/aromatic N) is 1. The molecule has 2 N–H and O–H groups in total. The Kier molecular flexibility index (Phi) is 4.05. The molecule has 0 aromatic heterocycles. The van der Waals surface area contributed by atoms with Crippen molar-refractivity contribution in [1.29, 1.82) is 0 Å². The summed E-state index contributed by atoms with van der Waals surface area (Å²) in [4.78, 5) is 24.4. The Bertz CT molecular complexity index is 653. The molecule has 0 heterocycles. The average Bonchev–Trinajstić information content (AvgIpc) is 2.48. The number of halogens is 1. The first kappa shape index (κ1) is 14.1. The topological polar surface area (TPSA) is 63.4 Å². The standard InChI is InChI=1S/C15H13ClN2O2/c1-18(9-19)12-5-2-10(3-6-12)15(20)11-4-7-14(17)13(16)8-11/h2-9H,17H2,1H3. The Morgan fingerprint density at radius 3 is 2.30 bits per heavy atom. The van der Waals surface area contributed by atoms with Crippen LogP contribution in [0.5, 0.6) is 0 Å². The van der Waals surface area contributed by atoms with Gasteiger partial charge in [0, 0.05) is 23.9 Å². The molecule has 2 rings (SSSR count). The summed E-state index contributed by atoms with van der Waals surface area (Å²) in [6.07, 6.45) is 0.705. The summed E-state index contributed by atoms with van der Waals surface area (Å²) in [5, 5.41) is 0.355. The highest BCUT2D eigenvalue weighted by molar-refractivity contribution is 6.33. The number of nitrogens with two attached hydrogens (primary N) is 1. The van der Waals surface area contributed by atoms with Crippen molar-refractivity contribution in [3.8, 4) is 0 Å². The van der Waals surface area contributed by atoms with Crippen molar-refractivity contribution in [3.05, 3.63) is 58.6 Å². The number of hydrogen-bond acceptors (Lipinski definition) is 3. The Labute approximate surface area is 121 Å². The number of carbonyl (C=O) groups excluding carboxylic acids is 2. The van der Waals surface area contributed by atoms with E-state index in [-0.39, 0.29) is 5.78 Å². The maximum absolute atomic E-state index is 12.3. The van der Waals surface area contributed by atoms with E-state index < -0.39 is 0 Å². The zero-order chi connectivity index (χ0) is 14.7. The van der Waals surface area contributed by atoms with Crippen molar-refractivity contribution in [2.45, 2.75) is 0 Å². The molecular weight excluding hydrogens is 276 g/mol. The minimum absolute atomic E-state index is 0.146. The molecule has 0 bridgehead atoms. The fourth-order valence-electron chi connectivity index (χ4n) is 1.74. The minimum Gasteiger partial charge on any atom is -0.398 e. The van der Waals surface area contributed by atoms with E-state index in [0.717, 1.165) is 0 Å². The molecule has 2 aromatic carbocycles. The Balaban J connectivity index is 2.29. The van der Waals surface area contributed by atoms with Gasteiger partial charge in [-0.15, -0.1) is 0 Å². The van der Waals surface area contributed by atoms with Crippen LogP contribution in [-0.2, 0) is 4.79 Å². The molecule has 5 heteroatoms. The van der Waals surface area contributed by atoms with E-state index in [2.05, 4.69) is 0 Å². The van der Waals surface area contributed by atoms with Crippen molar-refractivity contribution in [1.82, 2.24) is 0 Å². The second kappa shape index (κ2) is 5.75. The van der Waals surface area contributed by atoms with Gasteiger partial charge in [0.1, 0.15) is 0 Å². The molecular formula is C15H13ClN2O2. The summed E-state index contributed by atoms with van der Waals surface area (Å²) >= 11 is 5.91. The second-order valence-corrected chi connectivity index (χ2v) is 4.74. The fourth-order valence-corrected chi connectivity index (χ4v) is 1.92. The molecule has 4 nitrogen and oxygen atoms in total. The van der Waals surface area contributed by atoms with Gasteiger partial charge >= 0.3 is 0 Å². The average molecular weight is 289 g/mol. The Morgan fingerprint density at radius 2 is 1.75 bits per heavy atom. The van der Waals surface area contributed by atoms with Crippen molar-refractivity contribution in [2.75, 3.05) is 17.7 Å². The van der Waals surface area contributed by atoms with Crippen molar-refractivity contribution in [2.24, 2.45) is 0 Å². The van der Waals surface area contributed by atoms with Gasteiger partial charge in [-0.25, -0.2) is 0 Å². The molecule has 1 amide bonds. The first-order chi connectivity index (χ1) is 9.52. The van der Waals surface area contributed by atoms with Gasteiger partial charge in [-0.1, -0.05) is 11.6 Å². The van der Waals surface area contributed by atoms with Gasteiger partial charge in [0.05, 0.1) is 10.7 Å². The summed E-state index contributed by atoms with van der Waals surface area (Å²) in [5.41, 5.74) is 7.76. The highest BCUT2D eigenvalue weighted by Crippen LogP contribution is 2.22. The summed E-state index contributed by atoms with van der Waals surface area (Å²) in [6.45, 7) is 0. The lowest BCUT2D eigenvalue weighted by Gasteiger charge is -2.11. The van der Waals surface area contributed by atoms with Crippen LogP contribution in [0.15, 0.2) is 42.5 Å². The van der Waals surface area contributed by atoms with E-state index in [1.54, 1.807) is 49.5 Å². The van der Waals surface area contributed by atoms with Crippen molar-refractivity contribution >= 4 is 35.2 Å². The fraction of sp³-hybridized carbons (Fsp3) is 0.0667. The van der Waals surface area contributed by atoms with Crippen LogP contribution in [0, 0.1) is 0 Å². The molecule has 0 saturated heterocycles. The lowest BCUT2D eigenvalue weighted by Crippen LogP contribution is -2.13. The van der Waals surface area contributed by atoms with E-state index >= 15 is 0 Å². The third-order valence-corrected chi connectivity index (χ3v) is 3.28. The van der Waals surface area contributed by atoms with E-state index in [9.17, 15) is 9.59 Å². The summed E-state index contributed by atoms with van der Waals surface area (Å²) < 4.78 is 0. The molecule has 0 aliphatic heterocycles. The number of hydrogen-bond donors (Lipinski definition) is 1. The molecule has 0 aliphatic carbocycles. The van der Waals surface area contributed by atoms with Crippen LogP contribution in [0.3, 0.4) is 0 Å². The lowest BCUT2D eigenvalue weighted by molar-refractivity contribution is -0.107. The molecule has 0 aliphatic rings. The van der Waals surface area contributed by atoms with Crippen LogP contribution >= 0.6 is 11.6 Å². The highest BCUT2D eigenvalue weighted by Gasteiger charge is 2.11. The molecule has 0 atom stereocenters. The van der Waals surface area contributed by atoms with Gasteiger partial charge in [-0.05, 0) is 42.5 Å². The third-order valence-electron chi connectivity index (χ3n) is 2.96. The predicted molar refractivity (Wildman–Crippen MR) is 80.2 cm³/mol. The molecule has 0 radical (unpaired) electrons. The second-order valence-electron chi connectivity index (χ2n) is 4.33. The molecule has 0 fully saturated rings. The smallest absolute Gasteiger partial charge is 0.213 e. The van der Waals surface area contributed by atoms with Crippen LogP contribution < -0.4 is 10.6 Å². The molecule has 0 saturated carbocycles. The van der Waals surface area contributed by atoms with Crippen LogP contribution in [0.2, 0.25) is 5.02 Å². The van der Waals surface area contributed by atoms with Crippen molar-refractivity contribution in [3.63, 3.8) is 0 Å². The molecule has 102 valence electrons. The first-order valence-electron chi connectivity index (χ1n) is 5.91. The maximum Gasteiger partial charge on any atom is 0.213 e. The summed E-state index contributed by atoms with van der Waals surface area (Å²) in [5.74, 6) is -0.146. The molecule has 20 heavy (non-hydrogen) atoms. The number of nitrogen functional groups attached to an aromatic ring is 1. The Hall–Kier alpha value is -2.33. The maximum atomic E-state index is 12.3. The number of ketones is 1. The van der Waals surface area contributed by atoms with Gasteiger partial charge in [0.15, 0.2) is 5.78 Å². The van der Waals surface area contributed by atoms with Gasteiger partial charge in [-0.3, -0.25) is 9.59 Å². The normalized spacial score (nSPS) is 10.1. The summed E-state index contributed by atoms with van der Waals surface area (Å²) in [7, 11) is 1.64. The molecule has 0 unspecified atom stereocenters. The first-order valence-corrected chi connectivity index (χ1v) is 6.28. The Morgan fingerprint density at radius 1 is 1.15 bits per heavy atom. The zero-order valence-electron chi connectivity index (χ0n) is 10.8.